The van der Waals surface area contributed by atoms with Gasteiger partial charge in [0.1, 0.15) is 0 Å². The summed E-state index contributed by atoms with van der Waals surface area (Å²) in [7, 11) is 2.99. The lowest BCUT2D eigenvalue weighted by Gasteiger charge is -2.15. The lowest BCUT2D eigenvalue weighted by molar-refractivity contribution is -0.152. The van der Waals surface area contributed by atoms with Crippen LogP contribution in [0.5, 0.6) is 0 Å². The van der Waals surface area contributed by atoms with Crippen LogP contribution in [-0.2, 0) is 14.3 Å². The van der Waals surface area contributed by atoms with E-state index in [1.807, 2.05) is 6.08 Å². The normalized spacial score (nSPS) is 18.2. The van der Waals surface area contributed by atoms with Crippen molar-refractivity contribution in [1.29, 1.82) is 0 Å². The van der Waals surface area contributed by atoms with E-state index < -0.39 is 6.29 Å². The Hall–Kier alpha value is -0.670. The lowest BCUT2D eigenvalue weighted by Crippen LogP contribution is -2.26. The Bertz CT molecular complexity index is 229. The zero-order chi connectivity index (χ0) is 11.1. The van der Waals surface area contributed by atoms with E-state index in [1.54, 1.807) is 0 Å². The number of ether oxygens (including phenoxy) is 2. The lowest BCUT2D eigenvalue weighted by atomic mass is 9.97. The second-order valence-electron chi connectivity index (χ2n) is 3.85. The number of hydrogen-bond acceptors (Lipinski definition) is 3. The highest BCUT2D eigenvalue weighted by Crippen LogP contribution is 2.19. The van der Waals surface area contributed by atoms with Gasteiger partial charge in [-0.3, -0.25) is 4.79 Å². The zero-order valence-electron chi connectivity index (χ0n) is 9.62. The van der Waals surface area contributed by atoms with E-state index in [9.17, 15) is 4.79 Å². The first-order valence-corrected chi connectivity index (χ1v) is 5.58. The van der Waals surface area contributed by atoms with Crippen LogP contribution in [0.2, 0.25) is 0 Å². The molecule has 86 valence electrons. The number of methoxy groups -OCH3 is 2. The number of rotatable bonds is 4. The SMILES string of the molecule is COC(OC)C(=O)C1=CCCCCCC1. The maximum Gasteiger partial charge on any atom is 0.221 e. The molecule has 1 aliphatic carbocycles. The molecule has 0 N–H and O–H groups in total. The van der Waals surface area contributed by atoms with Crippen LogP contribution in [0.3, 0.4) is 0 Å². The highest BCUT2D eigenvalue weighted by atomic mass is 16.7. The summed E-state index contributed by atoms with van der Waals surface area (Å²) in [5.41, 5.74) is 0.878. The Morgan fingerprint density at radius 1 is 1.20 bits per heavy atom. The molecular formula is C12H20O3. The minimum absolute atomic E-state index is 0.0121. The summed E-state index contributed by atoms with van der Waals surface area (Å²) < 4.78 is 9.95. The van der Waals surface area contributed by atoms with Crippen LogP contribution in [0, 0.1) is 0 Å². The van der Waals surface area contributed by atoms with E-state index >= 15 is 0 Å². The van der Waals surface area contributed by atoms with E-state index in [0.717, 1.165) is 24.8 Å². The van der Waals surface area contributed by atoms with Crippen molar-refractivity contribution in [2.24, 2.45) is 0 Å². The maximum absolute atomic E-state index is 11.9. The molecule has 0 spiro atoms. The van der Waals surface area contributed by atoms with E-state index in [0.29, 0.717) is 0 Å². The molecule has 0 aromatic rings. The van der Waals surface area contributed by atoms with Crippen molar-refractivity contribution in [2.45, 2.75) is 44.8 Å². The molecule has 0 bridgehead atoms. The summed E-state index contributed by atoms with van der Waals surface area (Å²) in [6.45, 7) is 0. The fourth-order valence-electron chi connectivity index (χ4n) is 1.88. The van der Waals surface area contributed by atoms with Crippen LogP contribution in [0.25, 0.3) is 0 Å². The van der Waals surface area contributed by atoms with Gasteiger partial charge in [-0.05, 0) is 31.3 Å². The Labute approximate surface area is 91.4 Å². The van der Waals surface area contributed by atoms with E-state index in [4.69, 9.17) is 9.47 Å². The summed E-state index contributed by atoms with van der Waals surface area (Å²) in [6, 6.07) is 0. The zero-order valence-corrected chi connectivity index (χ0v) is 9.62. The first-order chi connectivity index (χ1) is 7.29. The van der Waals surface area contributed by atoms with Crippen LogP contribution >= 0.6 is 0 Å². The third kappa shape index (κ3) is 3.76. The molecule has 0 aromatic carbocycles. The molecule has 3 nitrogen and oxygen atoms in total. The number of carbonyl (C=O) groups is 1. The van der Waals surface area contributed by atoms with Crippen molar-refractivity contribution in [1.82, 2.24) is 0 Å². The highest BCUT2D eigenvalue weighted by Gasteiger charge is 2.21. The molecule has 0 saturated heterocycles. The van der Waals surface area contributed by atoms with Gasteiger partial charge in [0.15, 0.2) is 0 Å². The van der Waals surface area contributed by atoms with Crippen molar-refractivity contribution in [3.8, 4) is 0 Å². The summed E-state index contributed by atoms with van der Waals surface area (Å²) in [5, 5.41) is 0. The molecule has 1 rings (SSSR count). The van der Waals surface area contributed by atoms with Crippen LogP contribution in [0.15, 0.2) is 11.6 Å². The Morgan fingerprint density at radius 3 is 2.53 bits per heavy atom. The standard InChI is InChI=1S/C12H20O3/c1-14-12(15-2)11(13)10-8-6-4-3-5-7-9-10/h8,12H,3-7,9H2,1-2H3. The predicted molar refractivity (Wildman–Crippen MR) is 58.6 cm³/mol. The molecule has 0 aliphatic heterocycles. The van der Waals surface area contributed by atoms with Gasteiger partial charge in [0, 0.05) is 14.2 Å². The van der Waals surface area contributed by atoms with Crippen molar-refractivity contribution >= 4 is 5.78 Å². The van der Waals surface area contributed by atoms with Gasteiger partial charge >= 0.3 is 0 Å². The van der Waals surface area contributed by atoms with Crippen LogP contribution < -0.4 is 0 Å². The van der Waals surface area contributed by atoms with Crippen LogP contribution in [-0.4, -0.2) is 26.3 Å². The Balaban J connectivity index is 2.62. The molecule has 3 heteroatoms. The van der Waals surface area contributed by atoms with E-state index in [-0.39, 0.29) is 5.78 Å². The average Bonchev–Trinajstić information content (AvgIpc) is 2.18. The van der Waals surface area contributed by atoms with Gasteiger partial charge in [0.25, 0.3) is 0 Å². The largest absolute Gasteiger partial charge is 0.349 e. The fraction of sp³-hybridized carbons (Fsp3) is 0.750. The Kier molecular flexibility index (Phi) is 5.58. The molecule has 0 saturated carbocycles. The number of hydrogen-bond donors (Lipinski definition) is 0. The summed E-state index contributed by atoms with van der Waals surface area (Å²) in [6.07, 6.45) is 7.95. The van der Waals surface area contributed by atoms with Gasteiger partial charge in [-0.2, -0.15) is 0 Å². The second-order valence-corrected chi connectivity index (χ2v) is 3.85. The van der Waals surface area contributed by atoms with Gasteiger partial charge < -0.3 is 9.47 Å². The van der Waals surface area contributed by atoms with Gasteiger partial charge in [-0.1, -0.05) is 18.9 Å². The van der Waals surface area contributed by atoms with Crippen molar-refractivity contribution < 1.29 is 14.3 Å². The van der Waals surface area contributed by atoms with Gasteiger partial charge in [0.05, 0.1) is 0 Å². The van der Waals surface area contributed by atoms with Gasteiger partial charge in [-0.25, -0.2) is 0 Å². The first-order valence-electron chi connectivity index (χ1n) is 5.58. The van der Waals surface area contributed by atoms with Gasteiger partial charge in [-0.15, -0.1) is 0 Å². The Morgan fingerprint density at radius 2 is 1.87 bits per heavy atom. The minimum Gasteiger partial charge on any atom is -0.349 e. The first kappa shape index (κ1) is 12.4. The minimum atomic E-state index is -0.726. The molecular weight excluding hydrogens is 192 g/mol. The summed E-state index contributed by atoms with van der Waals surface area (Å²) >= 11 is 0. The quantitative estimate of drug-likeness (QED) is 0.671. The van der Waals surface area contributed by atoms with Crippen molar-refractivity contribution in [3.05, 3.63) is 11.6 Å². The van der Waals surface area contributed by atoms with E-state index in [1.165, 1.54) is 33.5 Å². The monoisotopic (exact) mass is 212 g/mol. The van der Waals surface area contributed by atoms with Crippen LogP contribution in [0.1, 0.15) is 38.5 Å². The van der Waals surface area contributed by atoms with Gasteiger partial charge in [0.2, 0.25) is 12.1 Å². The molecule has 0 heterocycles. The molecule has 0 atom stereocenters. The van der Waals surface area contributed by atoms with Crippen molar-refractivity contribution in [3.63, 3.8) is 0 Å². The van der Waals surface area contributed by atoms with Crippen LogP contribution in [0.4, 0.5) is 0 Å². The third-order valence-electron chi connectivity index (χ3n) is 2.75. The smallest absolute Gasteiger partial charge is 0.221 e. The molecule has 0 fully saturated rings. The third-order valence-corrected chi connectivity index (χ3v) is 2.75. The van der Waals surface area contributed by atoms with Crippen molar-refractivity contribution in [2.75, 3.05) is 14.2 Å². The number of carbonyl (C=O) groups excluding carboxylic acids is 1. The average molecular weight is 212 g/mol. The summed E-state index contributed by atoms with van der Waals surface area (Å²) in [5.74, 6) is -0.0121. The highest BCUT2D eigenvalue weighted by molar-refractivity contribution is 5.97. The predicted octanol–water partition coefficient (Wildman–Crippen LogP) is 2.46. The molecule has 0 aromatic heterocycles. The summed E-state index contributed by atoms with van der Waals surface area (Å²) in [4.78, 5) is 11.9. The molecule has 15 heavy (non-hydrogen) atoms. The fourth-order valence-corrected chi connectivity index (χ4v) is 1.88. The molecule has 0 amide bonds. The molecule has 1 aliphatic rings. The number of allylic oxidation sites excluding steroid dienone is 1. The number of ketones is 1. The topological polar surface area (TPSA) is 35.5 Å². The van der Waals surface area contributed by atoms with E-state index in [2.05, 4.69) is 0 Å². The molecule has 0 radical (unpaired) electrons. The second kappa shape index (κ2) is 6.75. The maximum atomic E-state index is 11.9. The number of Topliss-reactive ketones (excluding diaryl/α,β-unsaturated/α-hetero) is 1. The molecule has 0 unspecified atom stereocenters.